The number of hydrogen-bond acceptors (Lipinski definition) is 4. The van der Waals surface area contributed by atoms with Crippen LogP contribution in [0.15, 0.2) is 24.3 Å². The third-order valence-corrected chi connectivity index (χ3v) is 4.53. The molecule has 0 aliphatic heterocycles. The molecule has 0 saturated heterocycles. The predicted octanol–water partition coefficient (Wildman–Crippen LogP) is 3.60. The summed E-state index contributed by atoms with van der Waals surface area (Å²) >= 11 is 0. The Morgan fingerprint density at radius 1 is 1.40 bits per heavy atom. The molecule has 5 nitrogen and oxygen atoms in total. The van der Waals surface area contributed by atoms with Gasteiger partial charge in [0, 0.05) is 35.9 Å². The number of nitrogens with one attached hydrogen (secondary N) is 1. The predicted molar refractivity (Wildman–Crippen MR) is 78.9 cm³/mol. The van der Waals surface area contributed by atoms with E-state index >= 15 is 0 Å². The number of hydrogen-bond donors (Lipinski definition) is 1. The lowest BCUT2D eigenvalue weighted by Gasteiger charge is -2.53. The Labute approximate surface area is 119 Å². The van der Waals surface area contributed by atoms with Gasteiger partial charge in [-0.1, -0.05) is 13.8 Å². The molecule has 3 unspecified atom stereocenters. The van der Waals surface area contributed by atoms with E-state index in [9.17, 15) is 10.1 Å². The van der Waals surface area contributed by atoms with Crippen LogP contribution in [0.1, 0.15) is 33.6 Å². The van der Waals surface area contributed by atoms with E-state index in [0.717, 1.165) is 25.1 Å². The molecule has 1 aliphatic carbocycles. The highest BCUT2D eigenvalue weighted by atomic mass is 16.6. The fourth-order valence-electron chi connectivity index (χ4n) is 2.85. The molecule has 0 bridgehead atoms. The van der Waals surface area contributed by atoms with E-state index < -0.39 is 0 Å². The van der Waals surface area contributed by atoms with E-state index in [-0.39, 0.29) is 16.0 Å². The maximum absolute atomic E-state index is 10.6. The van der Waals surface area contributed by atoms with Gasteiger partial charge in [-0.15, -0.1) is 0 Å². The third-order valence-electron chi connectivity index (χ3n) is 4.53. The number of non-ortho nitro benzene ring substituents is 1. The highest BCUT2D eigenvalue weighted by Crippen LogP contribution is 2.47. The Hall–Kier alpha value is -1.62. The maximum atomic E-state index is 10.6. The fourth-order valence-corrected chi connectivity index (χ4v) is 2.85. The molecule has 0 aromatic heterocycles. The lowest BCUT2D eigenvalue weighted by Crippen LogP contribution is -2.59. The van der Waals surface area contributed by atoms with Crippen molar-refractivity contribution in [3.63, 3.8) is 0 Å². The molecule has 0 amide bonds. The molecule has 1 fully saturated rings. The largest absolute Gasteiger partial charge is 0.382 e. The molecule has 1 saturated carbocycles. The fraction of sp³-hybridized carbons (Fsp3) is 0.600. The van der Waals surface area contributed by atoms with E-state index in [1.807, 2.05) is 6.92 Å². The van der Waals surface area contributed by atoms with Gasteiger partial charge in [0.25, 0.3) is 5.69 Å². The second kappa shape index (κ2) is 5.79. The molecule has 20 heavy (non-hydrogen) atoms. The molecule has 2 rings (SSSR count). The summed E-state index contributed by atoms with van der Waals surface area (Å²) in [6.45, 7) is 7.17. The minimum absolute atomic E-state index is 0.120. The number of rotatable bonds is 6. The van der Waals surface area contributed by atoms with Crippen LogP contribution in [0.25, 0.3) is 0 Å². The molecule has 0 spiro atoms. The molecule has 110 valence electrons. The van der Waals surface area contributed by atoms with Gasteiger partial charge in [-0.3, -0.25) is 10.1 Å². The Morgan fingerprint density at radius 3 is 2.55 bits per heavy atom. The van der Waals surface area contributed by atoms with Crippen molar-refractivity contribution in [3.05, 3.63) is 34.4 Å². The molecule has 1 aromatic rings. The topological polar surface area (TPSA) is 64.4 Å². The first-order chi connectivity index (χ1) is 9.51. The molecule has 5 heteroatoms. The zero-order valence-corrected chi connectivity index (χ0v) is 12.3. The SMILES string of the molecule is CCOC1CC(Nc2ccc([N+](=O)[O-])cc2)C1(C)CC. The van der Waals surface area contributed by atoms with Crippen LogP contribution in [-0.4, -0.2) is 23.7 Å². The van der Waals surface area contributed by atoms with Crippen molar-refractivity contribution in [1.29, 1.82) is 0 Å². The first kappa shape index (κ1) is 14.8. The van der Waals surface area contributed by atoms with Crippen LogP contribution in [0.4, 0.5) is 11.4 Å². The number of anilines is 1. The van der Waals surface area contributed by atoms with Gasteiger partial charge in [-0.2, -0.15) is 0 Å². The van der Waals surface area contributed by atoms with Gasteiger partial charge in [-0.05, 0) is 31.9 Å². The molecule has 0 radical (unpaired) electrons. The van der Waals surface area contributed by atoms with Gasteiger partial charge in [0.1, 0.15) is 0 Å². The van der Waals surface area contributed by atoms with Crippen molar-refractivity contribution in [3.8, 4) is 0 Å². The third kappa shape index (κ3) is 2.63. The van der Waals surface area contributed by atoms with Gasteiger partial charge in [0.2, 0.25) is 0 Å². The standard InChI is InChI=1S/C15H22N2O3/c1-4-15(3)13(10-14(15)20-5-2)16-11-6-8-12(9-7-11)17(18)19/h6-9,13-14,16H,4-5,10H2,1-3H3. The minimum atomic E-state index is -0.381. The summed E-state index contributed by atoms with van der Waals surface area (Å²) in [4.78, 5) is 10.3. The van der Waals surface area contributed by atoms with Gasteiger partial charge >= 0.3 is 0 Å². The molecule has 1 N–H and O–H groups in total. The Balaban J connectivity index is 2.02. The molecule has 1 aliphatic rings. The quantitative estimate of drug-likeness (QED) is 0.638. The van der Waals surface area contributed by atoms with Crippen molar-refractivity contribution < 1.29 is 9.66 Å². The number of ether oxygens (including phenoxy) is 1. The highest BCUT2D eigenvalue weighted by molar-refractivity contribution is 5.50. The second-order valence-electron chi connectivity index (χ2n) is 5.54. The lowest BCUT2D eigenvalue weighted by molar-refractivity contribution is -0.384. The Bertz CT molecular complexity index is 475. The minimum Gasteiger partial charge on any atom is -0.382 e. The summed E-state index contributed by atoms with van der Waals surface area (Å²) in [6, 6.07) is 6.95. The lowest BCUT2D eigenvalue weighted by atomic mass is 9.61. The smallest absolute Gasteiger partial charge is 0.269 e. The van der Waals surface area contributed by atoms with Crippen LogP contribution in [0.2, 0.25) is 0 Å². The van der Waals surface area contributed by atoms with E-state index in [1.54, 1.807) is 12.1 Å². The van der Waals surface area contributed by atoms with Crippen molar-refractivity contribution in [2.45, 2.75) is 45.8 Å². The Morgan fingerprint density at radius 2 is 2.05 bits per heavy atom. The normalized spacial score (nSPS) is 28.8. The van der Waals surface area contributed by atoms with Crippen LogP contribution in [-0.2, 0) is 4.74 Å². The van der Waals surface area contributed by atoms with Crippen molar-refractivity contribution >= 4 is 11.4 Å². The molecule has 0 heterocycles. The van der Waals surface area contributed by atoms with E-state index in [2.05, 4.69) is 19.2 Å². The number of nitro benzene ring substituents is 1. The van der Waals surface area contributed by atoms with E-state index in [0.29, 0.717) is 12.1 Å². The summed E-state index contributed by atoms with van der Waals surface area (Å²) in [5.74, 6) is 0. The summed E-state index contributed by atoms with van der Waals surface area (Å²) in [6.07, 6.45) is 2.32. The maximum Gasteiger partial charge on any atom is 0.269 e. The van der Waals surface area contributed by atoms with Crippen LogP contribution in [0.3, 0.4) is 0 Å². The summed E-state index contributed by atoms with van der Waals surface area (Å²) in [7, 11) is 0. The van der Waals surface area contributed by atoms with Gasteiger partial charge < -0.3 is 10.1 Å². The van der Waals surface area contributed by atoms with E-state index in [1.165, 1.54) is 12.1 Å². The average molecular weight is 278 g/mol. The van der Waals surface area contributed by atoms with Gasteiger partial charge in [0.15, 0.2) is 0 Å². The first-order valence-electron chi connectivity index (χ1n) is 7.13. The number of nitro groups is 1. The zero-order chi connectivity index (χ0) is 14.8. The van der Waals surface area contributed by atoms with Gasteiger partial charge in [-0.25, -0.2) is 0 Å². The van der Waals surface area contributed by atoms with Crippen molar-refractivity contribution in [2.24, 2.45) is 5.41 Å². The zero-order valence-electron chi connectivity index (χ0n) is 12.3. The van der Waals surface area contributed by atoms with Crippen LogP contribution >= 0.6 is 0 Å². The molecular formula is C15H22N2O3. The highest BCUT2D eigenvalue weighted by Gasteiger charge is 2.51. The Kier molecular flexibility index (Phi) is 4.28. The molecular weight excluding hydrogens is 256 g/mol. The second-order valence-corrected chi connectivity index (χ2v) is 5.54. The van der Waals surface area contributed by atoms with Crippen molar-refractivity contribution in [2.75, 3.05) is 11.9 Å². The summed E-state index contributed by atoms with van der Waals surface area (Å²) in [5, 5.41) is 14.1. The number of nitrogens with zero attached hydrogens (tertiary/aromatic N) is 1. The molecule has 3 atom stereocenters. The van der Waals surface area contributed by atoms with Crippen LogP contribution in [0.5, 0.6) is 0 Å². The number of benzene rings is 1. The molecule has 1 aromatic carbocycles. The average Bonchev–Trinajstić information content (AvgIpc) is 2.45. The van der Waals surface area contributed by atoms with Crippen LogP contribution in [0, 0.1) is 15.5 Å². The van der Waals surface area contributed by atoms with Crippen molar-refractivity contribution in [1.82, 2.24) is 0 Å². The summed E-state index contributed by atoms with van der Waals surface area (Å²) in [5.41, 5.74) is 1.17. The monoisotopic (exact) mass is 278 g/mol. The van der Waals surface area contributed by atoms with Crippen LogP contribution < -0.4 is 5.32 Å². The first-order valence-corrected chi connectivity index (χ1v) is 7.13. The van der Waals surface area contributed by atoms with Gasteiger partial charge in [0.05, 0.1) is 11.0 Å². The van der Waals surface area contributed by atoms with E-state index in [4.69, 9.17) is 4.74 Å². The summed E-state index contributed by atoms with van der Waals surface area (Å²) < 4.78 is 5.77.